The number of ether oxygens (including phenoxy) is 1. The number of sulfonamides is 1. The Kier molecular flexibility index (Phi) is 8.62. The Bertz CT molecular complexity index is 1210. The van der Waals surface area contributed by atoms with Crippen LogP contribution < -0.4 is 20.5 Å². The van der Waals surface area contributed by atoms with Gasteiger partial charge in [-0.2, -0.15) is 0 Å². The van der Waals surface area contributed by atoms with Crippen molar-refractivity contribution in [2.24, 2.45) is 11.1 Å². The molecule has 13 heteroatoms. The Morgan fingerprint density at radius 1 is 1.08 bits per heavy atom. The van der Waals surface area contributed by atoms with E-state index in [-0.39, 0.29) is 28.9 Å². The number of benzene rings is 1. The van der Waals surface area contributed by atoms with Gasteiger partial charge in [-0.3, -0.25) is 14.4 Å². The van der Waals surface area contributed by atoms with Crippen molar-refractivity contribution in [3.8, 4) is 5.75 Å². The summed E-state index contributed by atoms with van der Waals surface area (Å²) in [6.07, 6.45) is 2.44. The Hall–Kier alpha value is -3.74. The van der Waals surface area contributed by atoms with Crippen LogP contribution >= 0.6 is 0 Å². The standard InChI is InChI=1S/C23H31N5O7S/c1-14(10-22(2,3)20(24)32)27-19(31)15-12-25-21(26-13-15)28-36(33,34)17-8-6-16(7-9-17)35-23(4,5)11-18(29)30/h6-9,12-14H,10-11H2,1-5H3,(H2,24,32)(H,27,31)(H,29,30)(H,25,26,28). The second-order valence-corrected chi connectivity index (χ2v) is 11.3. The third-order valence-corrected chi connectivity index (χ3v) is 6.45. The van der Waals surface area contributed by atoms with Crippen molar-refractivity contribution >= 4 is 33.8 Å². The number of aliphatic carboxylic acids is 1. The van der Waals surface area contributed by atoms with Gasteiger partial charge in [0.15, 0.2) is 0 Å². The van der Waals surface area contributed by atoms with Crippen LogP contribution in [0.3, 0.4) is 0 Å². The maximum absolute atomic E-state index is 12.7. The molecule has 0 bridgehead atoms. The first-order chi connectivity index (χ1) is 16.5. The van der Waals surface area contributed by atoms with Crippen molar-refractivity contribution in [3.63, 3.8) is 0 Å². The summed E-state index contributed by atoms with van der Waals surface area (Å²) in [4.78, 5) is 42.5. The lowest BCUT2D eigenvalue weighted by Crippen LogP contribution is -2.40. The number of carboxylic acid groups (broad SMARTS) is 1. The third kappa shape index (κ3) is 8.18. The molecule has 196 valence electrons. The summed E-state index contributed by atoms with van der Waals surface area (Å²) >= 11 is 0. The molecular formula is C23H31N5O7S. The van der Waals surface area contributed by atoms with Gasteiger partial charge in [0.25, 0.3) is 15.9 Å². The largest absolute Gasteiger partial charge is 0.487 e. The van der Waals surface area contributed by atoms with Gasteiger partial charge in [-0.15, -0.1) is 0 Å². The number of carbonyl (C=O) groups is 3. The molecule has 2 aromatic rings. The molecule has 0 radical (unpaired) electrons. The molecule has 36 heavy (non-hydrogen) atoms. The van der Waals surface area contributed by atoms with E-state index in [4.69, 9.17) is 15.6 Å². The van der Waals surface area contributed by atoms with Crippen LogP contribution in [0.1, 0.15) is 57.8 Å². The first kappa shape index (κ1) is 28.5. The number of nitrogens with one attached hydrogen (secondary N) is 2. The molecular weight excluding hydrogens is 490 g/mol. The van der Waals surface area contributed by atoms with Crippen LogP contribution in [0.15, 0.2) is 41.6 Å². The number of amides is 2. The maximum atomic E-state index is 12.7. The van der Waals surface area contributed by atoms with Crippen molar-refractivity contribution in [2.75, 3.05) is 4.72 Å². The van der Waals surface area contributed by atoms with Crippen LogP contribution in [0.4, 0.5) is 5.95 Å². The number of nitrogens with zero attached hydrogens (tertiary/aromatic N) is 2. The summed E-state index contributed by atoms with van der Waals surface area (Å²) in [5.74, 6) is -1.92. The van der Waals surface area contributed by atoms with Crippen molar-refractivity contribution in [1.82, 2.24) is 15.3 Å². The van der Waals surface area contributed by atoms with Crippen molar-refractivity contribution in [2.45, 2.75) is 64.0 Å². The molecule has 0 aliphatic heterocycles. The van der Waals surface area contributed by atoms with E-state index in [1.807, 2.05) is 0 Å². The van der Waals surface area contributed by atoms with E-state index in [1.165, 1.54) is 36.7 Å². The highest BCUT2D eigenvalue weighted by Crippen LogP contribution is 2.24. The molecule has 1 aromatic carbocycles. The van der Waals surface area contributed by atoms with Crippen molar-refractivity contribution < 1.29 is 32.6 Å². The van der Waals surface area contributed by atoms with Gasteiger partial charge in [-0.1, -0.05) is 13.8 Å². The highest BCUT2D eigenvalue weighted by molar-refractivity contribution is 7.92. The van der Waals surface area contributed by atoms with Gasteiger partial charge in [0.2, 0.25) is 11.9 Å². The molecule has 1 aromatic heterocycles. The lowest BCUT2D eigenvalue weighted by atomic mass is 9.85. The van der Waals surface area contributed by atoms with Gasteiger partial charge in [-0.25, -0.2) is 23.1 Å². The lowest BCUT2D eigenvalue weighted by molar-refractivity contribution is -0.140. The SMILES string of the molecule is CC(CC(C)(C)C(N)=O)NC(=O)c1cnc(NS(=O)(=O)c2ccc(OC(C)(C)CC(=O)O)cc2)nc1. The van der Waals surface area contributed by atoms with Crippen LogP contribution in [0.2, 0.25) is 0 Å². The zero-order valence-electron chi connectivity index (χ0n) is 20.7. The number of carbonyl (C=O) groups excluding carboxylic acids is 2. The first-order valence-corrected chi connectivity index (χ1v) is 12.5. The Balaban J connectivity index is 2.03. The Morgan fingerprint density at radius 2 is 1.64 bits per heavy atom. The third-order valence-electron chi connectivity index (χ3n) is 5.11. The predicted octanol–water partition coefficient (Wildman–Crippen LogP) is 1.93. The summed E-state index contributed by atoms with van der Waals surface area (Å²) in [6, 6.07) is 5.05. The fourth-order valence-electron chi connectivity index (χ4n) is 3.31. The Morgan fingerprint density at radius 3 is 2.14 bits per heavy atom. The van der Waals surface area contributed by atoms with E-state index in [2.05, 4.69) is 20.0 Å². The van der Waals surface area contributed by atoms with Crippen LogP contribution in [0, 0.1) is 5.41 Å². The van der Waals surface area contributed by atoms with Crippen LogP contribution in [-0.2, 0) is 19.6 Å². The monoisotopic (exact) mass is 521 g/mol. The highest BCUT2D eigenvalue weighted by Gasteiger charge is 2.28. The molecule has 12 nitrogen and oxygen atoms in total. The van der Waals surface area contributed by atoms with Gasteiger partial charge >= 0.3 is 5.97 Å². The van der Waals surface area contributed by atoms with Gasteiger partial charge in [0.1, 0.15) is 11.4 Å². The average molecular weight is 522 g/mol. The quantitative estimate of drug-likeness (QED) is 0.323. The summed E-state index contributed by atoms with van der Waals surface area (Å²) in [5, 5.41) is 11.7. The zero-order valence-corrected chi connectivity index (χ0v) is 21.5. The zero-order chi connectivity index (χ0) is 27.3. The van der Waals surface area contributed by atoms with Crippen LogP contribution in [0.25, 0.3) is 0 Å². The predicted molar refractivity (Wildman–Crippen MR) is 131 cm³/mol. The molecule has 2 amide bonds. The molecule has 0 aliphatic rings. The van der Waals surface area contributed by atoms with Crippen LogP contribution in [-0.4, -0.2) is 52.9 Å². The number of nitrogens with two attached hydrogens (primary N) is 1. The molecule has 0 spiro atoms. The Labute approximate surface area is 209 Å². The molecule has 0 fully saturated rings. The van der Waals surface area contributed by atoms with E-state index < -0.39 is 38.8 Å². The van der Waals surface area contributed by atoms with E-state index >= 15 is 0 Å². The number of anilines is 1. The molecule has 0 saturated heterocycles. The fourth-order valence-corrected chi connectivity index (χ4v) is 4.27. The summed E-state index contributed by atoms with van der Waals surface area (Å²) in [5.41, 5.74) is 3.68. The summed E-state index contributed by atoms with van der Waals surface area (Å²) in [6.45, 7) is 8.31. The maximum Gasteiger partial charge on any atom is 0.307 e. The molecule has 2 rings (SSSR count). The molecule has 0 aliphatic carbocycles. The molecule has 1 heterocycles. The molecule has 1 atom stereocenters. The number of aromatic nitrogens is 2. The van der Waals surface area contributed by atoms with E-state index in [0.29, 0.717) is 12.2 Å². The van der Waals surface area contributed by atoms with Gasteiger partial charge in [0.05, 0.1) is 16.9 Å². The summed E-state index contributed by atoms with van der Waals surface area (Å²) in [7, 11) is -4.04. The smallest absolute Gasteiger partial charge is 0.307 e. The van der Waals surface area contributed by atoms with Gasteiger partial charge < -0.3 is 20.9 Å². The van der Waals surface area contributed by atoms with Crippen molar-refractivity contribution in [3.05, 3.63) is 42.2 Å². The number of primary amides is 1. The highest BCUT2D eigenvalue weighted by atomic mass is 32.2. The topological polar surface area (TPSA) is 191 Å². The molecule has 1 unspecified atom stereocenters. The number of carboxylic acids is 1. The fraction of sp³-hybridized carbons (Fsp3) is 0.435. The van der Waals surface area contributed by atoms with E-state index in [1.54, 1.807) is 34.6 Å². The minimum absolute atomic E-state index is 0.0952. The number of hydrogen-bond donors (Lipinski definition) is 4. The normalized spacial score (nSPS) is 12.9. The minimum Gasteiger partial charge on any atom is -0.487 e. The van der Waals surface area contributed by atoms with Crippen molar-refractivity contribution in [1.29, 1.82) is 0 Å². The first-order valence-electron chi connectivity index (χ1n) is 11.0. The molecule has 5 N–H and O–H groups in total. The van der Waals surface area contributed by atoms with Gasteiger partial charge in [-0.05, 0) is 51.5 Å². The van der Waals surface area contributed by atoms with Gasteiger partial charge in [0, 0.05) is 23.9 Å². The summed E-state index contributed by atoms with van der Waals surface area (Å²) < 4.78 is 33.2. The van der Waals surface area contributed by atoms with E-state index in [0.717, 1.165) is 0 Å². The second kappa shape index (κ2) is 10.9. The lowest BCUT2D eigenvalue weighted by Gasteiger charge is -2.25. The minimum atomic E-state index is -4.04. The molecule has 0 saturated carbocycles. The van der Waals surface area contributed by atoms with E-state index in [9.17, 15) is 22.8 Å². The number of hydrogen-bond acceptors (Lipinski definition) is 8. The second-order valence-electron chi connectivity index (χ2n) is 9.63. The average Bonchev–Trinajstić information content (AvgIpc) is 2.72. The number of rotatable bonds is 12. The van der Waals surface area contributed by atoms with Crippen LogP contribution in [0.5, 0.6) is 5.75 Å².